The molecule has 0 aromatic rings. The normalized spacial score (nSPS) is 13.2. The zero-order chi connectivity index (χ0) is 21.1. The van der Waals surface area contributed by atoms with Crippen LogP contribution < -0.4 is 0 Å². The van der Waals surface area contributed by atoms with Crippen LogP contribution in [0.15, 0.2) is 0 Å². The molecule has 0 saturated heterocycles. The van der Waals surface area contributed by atoms with E-state index in [4.69, 9.17) is 18.9 Å². The minimum Gasteiger partial charge on any atom is -0.459 e. The smallest absolute Gasteiger partial charge is 0.459 e. The first-order valence-electron chi connectivity index (χ1n) is 8.61. The summed E-state index contributed by atoms with van der Waals surface area (Å²) in [6.07, 6.45) is -0.986. The van der Waals surface area contributed by atoms with Gasteiger partial charge < -0.3 is 18.9 Å². The molecule has 0 aliphatic rings. The van der Waals surface area contributed by atoms with E-state index >= 15 is 0 Å². The monoisotopic (exact) mass is 374 g/mol. The molecular weight excluding hydrogens is 340 g/mol. The number of ether oxygens (including phenoxy) is 4. The minimum absolute atomic E-state index is 0.777. The fourth-order valence-corrected chi connectivity index (χ4v) is 1.93. The lowest BCUT2D eigenvalue weighted by molar-refractivity contribution is -0.186. The first kappa shape index (κ1) is 24.2. The third-order valence-corrected chi connectivity index (χ3v) is 2.72. The third kappa shape index (κ3) is 9.63. The van der Waals surface area contributed by atoms with E-state index in [-0.39, 0.29) is 0 Å². The summed E-state index contributed by atoms with van der Waals surface area (Å²) >= 11 is 0. The number of esters is 2. The lowest BCUT2D eigenvalue weighted by Gasteiger charge is -2.34. The average molecular weight is 374 g/mol. The van der Waals surface area contributed by atoms with Crippen LogP contribution in [-0.2, 0) is 28.5 Å². The van der Waals surface area contributed by atoms with Crippen molar-refractivity contribution in [3.63, 3.8) is 0 Å². The Morgan fingerprint density at radius 2 is 0.846 bits per heavy atom. The van der Waals surface area contributed by atoms with Crippen LogP contribution in [0.1, 0.15) is 76.2 Å². The van der Waals surface area contributed by atoms with Gasteiger partial charge in [0.05, 0.1) is 0 Å². The van der Waals surface area contributed by atoms with Crippen molar-refractivity contribution in [1.82, 2.24) is 0 Å². The van der Waals surface area contributed by atoms with Gasteiger partial charge in [-0.15, -0.1) is 0 Å². The lowest BCUT2D eigenvalue weighted by atomic mass is 9.90. The van der Waals surface area contributed by atoms with E-state index < -0.39 is 46.4 Å². The maximum absolute atomic E-state index is 12.6. The van der Waals surface area contributed by atoms with Crippen molar-refractivity contribution in [2.45, 2.75) is 98.6 Å². The summed E-state index contributed by atoms with van der Waals surface area (Å²) in [5, 5.41) is 0. The highest BCUT2D eigenvalue weighted by Crippen LogP contribution is 2.29. The quantitative estimate of drug-likeness (QED) is 0.417. The molecule has 7 nitrogen and oxygen atoms in total. The van der Waals surface area contributed by atoms with Crippen molar-refractivity contribution in [1.29, 1.82) is 0 Å². The van der Waals surface area contributed by atoms with Gasteiger partial charge in [0.25, 0.3) is 0 Å². The summed E-state index contributed by atoms with van der Waals surface area (Å²) in [4.78, 5) is 37.3. The van der Waals surface area contributed by atoms with E-state index in [1.165, 1.54) is 13.8 Å². The molecule has 0 rings (SSSR count). The molecule has 0 heterocycles. The highest BCUT2D eigenvalue weighted by Gasteiger charge is 2.49. The third-order valence-electron chi connectivity index (χ3n) is 2.72. The molecule has 0 fully saturated rings. The molecule has 0 spiro atoms. The second-order valence-corrected chi connectivity index (χ2v) is 9.67. The van der Waals surface area contributed by atoms with Crippen LogP contribution in [0.2, 0.25) is 0 Å². The van der Waals surface area contributed by atoms with Gasteiger partial charge in [0, 0.05) is 0 Å². The first-order chi connectivity index (χ1) is 11.2. The standard InChI is InChI=1S/C19H34O7/c1-16(2,3)23-13(20)12(14(21)24-17(4,5)6)19(10,11)26-15(22)25-18(7,8)9/h12H,1-11H3. The van der Waals surface area contributed by atoms with Gasteiger partial charge in [0.2, 0.25) is 0 Å². The van der Waals surface area contributed by atoms with E-state index in [0.29, 0.717) is 0 Å². The molecule has 0 aliphatic heterocycles. The molecular formula is C19H34O7. The van der Waals surface area contributed by atoms with Crippen LogP contribution in [0.4, 0.5) is 4.79 Å². The molecule has 0 atom stereocenters. The van der Waals surface area contributed by atoms with Crippen molar-refractivity contribution >= 4 is 18.1 Å². The van der Waals surface area contributed by atoms with Crippen molar-refractivity contribution in [3.05, 3.63) is 0 Å². The minimum atomic E-state index is -1.53. The van der Waals surface area contributed by atoms with Gasteiger partial charge in [-0.2, -0.15) is 0 Å². The Morgan fingerprint density at radius 3 is 1.12 bits per heavy atom. The van der Waals surface area contributed by atoms with Crippen molar-refractivity contribution < 1.29 is 33.3 Å². The van der Waals surface area contributed by atoms with E-state index in [9.17, 15) is 14.4 Å². The van der Waals surface area contributed by atoms with Gasteiger partial charge >= 0.3 is 18.1 Å². The number of carbonyl (C=O) groups excluding carboxylic acids is 3. The predicted molar refractivity (Wildman–Crippen MR) is 96.6 cm³/mol. The van der Waals surface area contributed by atoms with Crippen LogP contribution in [0.5, 0.6) is 0 Å². The summed E-state index contributed by atoms with van der Waals surface area (Å²) in [6, 6.07) is 0. The average Bonchev–Trinajstić information content (AvgIpc) is 2.17. The fraction of sp³-hybridized carbons (Fsp3) is 0.842. The number of hydrogen-bond donors (Lipinski definition) is 0. The maximum Gasteiger partial charge on any atom is 0.509 e. The topological polar surface area (TPSA) is 88.1 Å². The molecule has 0 saturated carbocycles. The van der Waals surface area contributed by atoms with E-state index in [0.717, 1.165) is 0 Å². The fourth-order valence-electron chi connectivity index (χ4n) is 1.93. The predicted octanol–water partition coefficient (Wildman–Crippen LogP) is 4.02. The van der Waals surface area contributed by atoms with E-state index in [1.54, 1.807) is 62.3 Å². The van der Waals surface area contributed by atoms with Crippen LogP contribution in [0.3, 0.4) is 0 Å². The largest absolute Gasteiger partial charge is 0.509 e. The van der Waals surface area contributed by atoms with Crippen LogP contribution in [0.25, 0.3) is 0 Å². The SMILES string of the molecule is CC(C)(C)OC(=O)OC(C)(C)C(C(=O)OC(C)(C)C)C(=O)OC(C)(C)C. The Labute approximate surface area is 156 Å². The molecule has 0 N–H and O–H groups in total. The van der Waals surface area contributed by atoms with E-state index in [2.05, 4.69) is 0 Å². The Kier molecular flexibility index (Phi) is 7.30. The van der Waals surface area contributed by atoms with Gasteiger partial charge in [0.15, 0.2) is 5.92 Å². The maximum atomic E-state index is 12.6. The number of rotatable bonds is 4. The first-order valence-corrected chi connectivity index (χ1v) is 8.61. The number of carbonyl (C=O) groups is 3. The Morgan fingerprint density at radius 1 is 0.538 bits per heavy atom. The van der Waals surface area contributed by atoms with Crippen LogP contribution in [-0.4, -0.2) is 40.5 Å². The summed E-state index contributed by atoms with van der Waals surface area (Å²) in [7, 11) is 0. The summed E-state index contributed by atoms with van der Waals surface area (Å²) < 4.78 is 21.1. The van der Waals surface area contributed by atoms with Crippen molar-refractivity contribution in [2.75, 3.05) is 0 Å². The molecule has 7 heteroatoms. The van der Waals surface area contributed by atoms with Gasteiger partial charge in [-0.25, -0.2) is 4.79 Å². The second kappa shape index (κ2) is 7.84. The summed E-state index contributed by atoms with van der Waals surface area (Å²) in [5.74, 6) is -3.13. The molecule has 26 heavy (non-hydrogen) atoms. The summed E-state index contributed by atoms with van der Waals surface area (Å²) in [5.41, 5.74) is -3.95. The van der Waals surface area contributed by atoms with Crippen molar-refractivity contribution in [3.8, 4) is 0 Å². The van der Waals surface area contributed by atoms with Crippen molar-refractivity contribution in [2.24, 2.45) is 5.92 Å². The molecule has 0 aromatic carbocycles. The van der Waals surface area contributed by atoms with Crippen LogP contribution >= 0.6 is 0 Å². The zero-order valence-corrected chi connectivity index (χ0v) is 17.9. The van der Waals surface area contributed by atoms with Crippen LogP contribution in [0, 0.1) is 5.92 Å². The van der Waals surface area contributed by atoms with Gasteiger partial charge in [0.1, 0.15) is 22.4 Å². The zero-order valence-electron chi connectivity index (χ0n) is 17.9. The molecule has 152 valence electrons. The molecule has 0 aliphatic carbocycles. The Balaban J connectivity index is 5.63. The highest BCUT2D eigenvalue weighted by molar-refractivity contribution is 5.96. The highest BCUT2D eigenvalue weighted by atomic mass is 16.7. The molecule has 0 amide bonds. The molecule has 0 unspecified atom stereocenters. The molecule has 0 bridgehead atoms. The molecule has 0 aromatic heterocycles. The Hall–Kier alpha value is -1.79. The number of hydrogen-bond acceptors (Lipinski definition) is 7. The van der Waals surface area contributed by atoms with E-state index in [1.807, 2.05) is 0 Å². The summed E-state index contributed by atoms with van der Waals surface area (Å²) in [6.45, 7) is 18.0. The van der Waals surface area contributed by atoms with Gasteiger partial charge in [-0.3, -0.25) is 9.59 Å². The molecule has 0 radical (unpaired) electrons. The lowest BCUT2D eigenvalue weighted by Crippen LogP contribution is -2.50. The van der Waals surface area contributed by atoms with Gasteiger partial charge in [-0.1, -0.05) is 0 Å². The second-order valence-electron chi connectivity index (χ2n) is 9.67. The van der Waals surface area contributed by atoms with Gasteiger partial charge in [-0.05, 0) is 76.2 Å². The Bertz CT molecular complexity index is 500.